The highest BCUT2D eigenvalue weighted by molar-refractivity contribution is 5.78. The summed E-state index contributed by atoms with van der Waals surface area (Å²) in [5, 5.41) is 13.6. The van der Waals surface area contributed by atoms with E-state index in [1.54, 1.807) is 18.2 Å². The Morgan fingerprint density at radius 2 is 1.80 bits per heavy atom. The normalized spacial score (nSPS) is 11.0. The molecule has 152 valence electrons. The van der Waals surface area contributed by atoms with Crippen molar-refractivity contribution in [2.45, 2.75) is 26.3 Å². The van der Waals surface area contributed by atoms with Crippen LogP contribution in [0.4, 0.5) is 4.39 Å². The topological polar surface area (TPSA) is 92.1 Å². The van der Waals surface area contributed by atoms with Crippen molar-refractivity contribution >= 4 is 11.4 Å². The molecule has 0 unspecified atom stereocenters. The Bertz CT molecular complexity index is 1240. The lowest BCUT2D eigenvalue weighted by Gasteiger charge is -2.07. The highest BCUT2D eigenvalue weighted by Crippen LogP contribution is 2.19. The Morgan fingerprint density at radius 1 is 1.10 bits per heavy atom. The summed E-state index contributed by atoms with van der Waals surface area (Å²) in [6, 6.07) is 15.4. The number of H-pyrrole nitrogens is 1. The van der Waals surface area contributed by atoms with Gasteiger partial charge in [-0.25, -0.2) is 14.0 Å². The molecule has 2 aromatic heterocycles. The van der Waals surface area contributed by atoms with Gasteiger partial charge in [-0.05, 0) is 47.9 Å². The summed E-state index contributed by atoms with van der Waals surface area (Å²) >= 11 is 0. The Hall–Kier alpha value is -3.81. The van der Waals surface area contributed by atoms with Gasteiger partial charge in [-0.3, -0.25) is 9.59 Å². The van der Waals surface area contributed by atoms with Gasteiger partial charge in [-0.1, -0.05) is 31.2 Å². The van der Waals surface area contributed by atoms with E-state index in [9.17, 15) is 14.0 Å². The van der Waals surface area contributed by atoms with E-state index in [1.165, 1.54) is 22.2 Å². The number of fused-ring (bicyclic) bond motifs is 1. The molecule has 8 heteroatoms. The number of benzene rings is 2. The maximum absolute atomic E-state index is 13.2. The van der Waals surface area contributed by atoms with E-state index in [4.69, 9.17) is 0 Å². The largest absolute Gasteiger partial charge is 0.352 e. The van der Waals surface area contributed by atoms with Crippen molar-refractivity contribution in [3.8, 4) is 11.3 Å². The van der Waals surface area contributed by atoms with Crippen molar-refractivity contribution in [1.29, 1.82) is 0 Å². The van der Waals surface area contributed by atoms with E-state index >= 15 is 0 Å². The summed E-state index contributed by atoms with van der Waals surface area (Å²) in [4.78, 5) is 24.6. The molecular formula is C22H20FN5O2. The standard InChI is InChI=1S/C22H20FN5O2/c1-2-14-3-5-15(6-4-14)13-24-21(29)12-20-25-26-22(30)19-11-18(27-28(19)20)16-7-9-17(23)10-8-16/h3-11H,2,12-13H2,1H3,(H,24,29)(H,26,30). The molecule has 0 radical (unpaired) electrons. The number of hydrogen-bond donors (Lipinski definition) is 2. The molecule has 1 amide bonds. The van der Waals surface area contributed by atoms with E-state index in [2.05, 4.69) is 27.5 Å². The molecule has 0 saturated carbocycles. The summed E-state index contributed by atoms with van der Waals surface area (Å²) in [5.41, 5.74) is 3.23. The number of halogens is 1. The van der Waals surface area contributed by atoms with Crippen molar-refractivity contribution in [2.75, 3.05) is 0 Å². The zero-order chi connectivity index (χ0) is 21.1. The number of aromatic nitrogens is 4. The number of amides is 1. The van der Waals surface area contributed by atoms with Crippen molar-refractivity contribution in [3.05, 3.63) is 87.7 Å². The first kappa shape index (κ1) is 19.5. The first-order chi connectivity index (χ1) is 14.5. The zero-order valence-corrected chi connectivity index (χ0v) is 16.4. The van der Waals surface area contributed by atoms with Crippen molar-refractivity contribution < 1.29 is 9.18 Å². The van der Waals surface area contributed by atoms with Crippen LogP contribution in [0.2, 0.25) is 0 Å². The van der Waals surface area contributed by atoms with E-state index < -0.39 is 5.56 Å². The number of rotatable bonds is 6. The van der Waals surface area contributed by atoms with Crippen LogP contribution >= 0.6 is 0 Å². The number of carbonyl (C=O) groups is 1. The number of nitrogens with zero attached hydrogens (tertiary/aromatic N) is 3. The molecule has 2 aromatic carbocycles. The van der Waals surface area contributed by atoms with Crippen LogP contribution in [-0.2, 0) is 24.2 Å². The fraction of sp³-hybridized carbons (Fsp3) is 0.182. The summed E-state index contributed by atoms with van der Waals surface area (Å²) in [7, 11) is 0. The predicted molar refractivity (Wildman–Crippen MR) is 110 cm³/mol. The second-order valence-corrected chi connectivity index (χ2v) is 6.93. The molecule has 4 rings (SSSR count). The first-order valence-corrected chi connectivity index (χ1v) is 9.61. The number of carbonyl (C=O) groups excluding carboxylic acids is 1. The second-order valence-electron chi connectivity index (χ2n) is 6.93. The number of hydrogen-bond acceptors (Lipinski definition) is 4. The fourth-order valence-corrected chi connectivity index (χ4v) is 3.14. The molecule has 7 nitrogen and oxygen atoms in total. The van der Waals surface area contributed by atoms with E-state index in [0.29, 0.717) is 23.6 Å². The van der Waals surface area contributed by atoms with Gasteiger partial charge in [0.2, 0.25) is 5.91 Å². The molecule has 0 bridgehead atoms. The average Bonchev–Trinajstić information content (AvgIpc) is 3.22. The molecule has 0 fully saturated rings. The Balaban J connectivity index is 1.53. The third-order valence-corrected chi connectivity index (χ3v) is 4.85. The minimum Gasteiger partial charge on any atom is -0.352 e. The van der Waals surface area contributed by atoms with Crippen molar-refractivity contribution in [1.82, 2.24) is 25.1 Å². The SMILES string of the molecule is CCc1ccc(CNC(=O)Cc2n[nH]c(=O)c3cc(-c4ccc(F)cc4)nn23)cc1. The highest BCUT2D eigenvalue weighted by Gasteiger charge is 2.14. The lowest BCUT2D eigenvalue weighted by molar-refractivity contribution is -0.120. The van der Waals surface area contributed by atoms with Crippen molar-refractivity contribution in [3.63, 3.8) is 0 Å². The van der Waals surface area contributed by atoms with Gasteiger partial charge < -0.3 is 5.32 Å². The molecule has 0 aliphatic heterocycles. The van der Waals surface area contributed by atoms with E-state index in [1.807, 2.05) is 24.3 Å². The Labute approximate surface area is 171 Å². The van der Waals surface area contributed by atoms with E-state index in [0.717, 1.165) is 12.0 Å². The highest BCUT2D eigenvalue weighted by atomic mass is 19.1. The van der Waals surface area contributed by atoms with Crippen LogP contribution in [0.3, 0.4) is 0 Å². The molecule has 30 heavy (non-hydrogen) atoms. The van der Waals surface area contributed by atoms with Gasteiger partial charge in [0.05, 0.1) is 12.1 Å². The monoisotopic (exact) mass is 405 g/mol. The fourth-order valence-electron chi connectivity index (χ4n) is 3.14. The van der Waals surface area contributed by atoms with Crippen LogP contribution in [0.15, 0.2) is 59.4 Å². The lowest BCUT2D eigenvalue weighted by atomic mass is 10.1. The quantitative estimate of drug-likeness (QED) is 0.516. The number of aromatic amines is 1. The molecule has 0 aliphatic rings. The van der Waals surface area contributed by atoms with Gasteiger partial charge >= 0.3 is 0 Å². The summed E-state index contributed by atoms with van der Waals surface area (Å²) in [6.45, 7) is 2.49. The minimum atomic E-state index is -0.420. The predicted octanol–water partition coefficient (Wildman–Crippen LogP) is 2.65. The van der Waals surface area contributed by atoms with Crippen LogP contribution in [0.1, 0.15) is 23.9 Å². The van der Waals surface area contributed by atoms with Gasteiger partial charge in [-0.2, -0.15) is 10.2 Å². The first-order valence-electron chi connectivity index (χ1n) is 9.61. The molecule has 0 atom stereocenters. The van der Waals surface area contributed by atoms with Gasteiger partial charge in [0.25, 0.3) is 5.56 Å². The molecule has 4 aromatic rings. The van der Waals surface area contributed by atoms with Crippen molar-refractivity contribution in [2.24, 2.45) is 0 Å². The number of aryl methyl sites for hydroxylation is 1. The Kier molecular flexibility index (Phi) is 5.38. The molecule has 2 N–H and O–H groups in total. The zero-order valence-electron chi connectivity index (χ0n) is 16.4. The molecule has 0 saturated heterocycles. The Morgan fingerprint density at radius 3 is 2.50 bits per heavy atom. The van der Waals surface area contributed by atoms with Crippen LogP contribution in [-0.4, -0.2) is 25.7 Å². The molecular weight excluding hydrogens is 385 g/mol. The summed E-state index contributed by atoms with van der Waals surface area (Å²) in [6.07, 6.45) is 0.912. The molecule has 0 spiro atoms. The van der Waals surface area contributed by atoms with E-state index in [-0.39, 0.29) is 23.7 Å². The van der Waals surface area contributed by atoms with Crippen LogP contribution in [0, 0.1) is 5.82 Å². The third-order valence-electron chi connectivity index (χ3n) is 4.85. The second kappa shape index (κ2) is 8.28. The minimum absolute atomic E-state index is 0.0507. The lowest BCUT2D eigenvalue weighted by Crippen LogP contribution is -2.27. The van der Waals surface area contributed by atoms with Gasteiger partial charge in [0.1, 0.15) is 11.3 Å². The number of nitrogens with one attached hydrogen (secondary N) is 2. The van der Waals surface area contributed by atoms with Crippen LogP contribution in [0.25, 0.3) is 16.8 Å². The van der Waals surface area contributed by atoms with Gasteiger partial charge in [-0.15, -0.1) is 0 Å². The summed E-state index contributed by atoms with van der Waals surface area (Å²) in [5.74, 6) is -0.297. The smallest absolute Gasteiger partial charge is 0.290 e. The van der Waals surface area contributed by atoms with Crippen LogP contribution < -0.4 is 10.9 Å². The van der Waals surface area contributed by atoms with Crippen LogP contribution in [0.5, 0.6) is 0 Å². The van der Waals surface area contributed by atoms with Gasteiger partial charge in [0.15, 0.2) is 5.82 Å². The maximum Gasteiger partial charge on any atom is 0.290 e. The maximum atomic E-state index is 13.2. The third kappa shape index (κ3) is 4.12. The average molecular weight is 405 g/mol. The van der Waals surface area contributed by atoms with Gasteiger partial charge in [0, 0.05) is 12.1 Å². The molecule has 2 heterocycles. The summed E-state index contributed by atoms with van der Waals surface area (Å²) < 4.78 is 14.5. The molecule has 0 aliphatic carbocycles.